The summed E-state index contributed by atoms with van der Waals surface area (Å²) >= 11 is 7.09. The Morgan fingerprint density at radius 1 is 0.944 bits per heavy atom. The molecule has 2 aliphatic rings. The molecule has 36 heavy (non-hydrogen) atoms. The molecule has 0 spiro atoms. The van der Waals surface area contributed by atoms with Crippen LogP contribution in [0.25, 0.3) is 0 Å². The molecule has 11 heteroatoms. The molecule has 0 bridgehead atoms. The highest BCUT2D eigenvalue weighted by Crippen LogP contribution is 2.43. The Balaban J connectivity index is 1.70. The summed E-state index contributed by atoms with van der Waals surface area (Å²) in [6.07, 6.45) is 0.818. The van der Waals surface area contributed by atoms with Gasteiger partial charge in [0, 0.05) is 32.9 Å². The number of carbonyl (C=O) groups excluding carboxylic acids is 4. The van der Waals surface area contributed by atoms with Crippen LogP contribution in [0.15, 0.2) is 42.5 Å². The fourth-order valence-electron chi connectivity index (χ4n) is 4.57. The van der Waals surface area contributed by atoms with Crippen molar-refractivity contribution in [2.45, 2.75) is 36.3 Å². The van der Waals surface area contributed by atoms with Crippen molar-refractivity contribution in [3.05, 3.63) is 74.8 Å². The van der Waals surface area contributed by atoms with E-state index in [1.165, 1.54) is 12.1 Å². The number of hydrazine groups is 1. The first-order valence-corrected chi connectivity index (χ1v) is 13.2. The summed E-state index contributed by atoms with van der Waals surface area (Å²) in [6.45, 7) is 3.23. The number of amides is 3. The van der Waals surface area contributed by atoms with Crippen LogP contribution >= 0.6 is 31.9 Å². The quantitative estimate of drug-likeness (QED) is 0.156. The standard InChI is InChI=1S/C25H23Br2N3O6/c1-13-3-4-16(9-14(13)2)22(31)12-28(23(32)15-5-7-17(8-6-15)30(35)36)29-24(33)18-10-20(26)21(27)11-19(18)25(29)34/h3-9,18-21H,10-12H2,1-2H3/t18-,19+,20+,21-. The van der Waals surface area contributed by atoms with Crippen molar-refractivity contribution < 1.29 is 24.1 Å². The lowest BCUT2D eigenvalue weighted by atomic mass is 9.81. The molecule has 0 unspecified atom stereocenters. The highest BCUT2D eigenvalue weighted by Gasteiger charge is 2.54. The summed E-state index contributed by atoms with van der Waals surface area (Å²) in [6, 6.07) is 9.94. The van der Waals surface area contributed by atoms with E-state index in [9.17, 15) is 29.3 Å². The van der Waals surface area contributed by atoms with Gasteiger partial charge in [0.1, 0.15) is 6.54 Å². The molecular weight excluding hydrogens is 598 g/mol. The minimum absolute atomic E-state index is 0.0145. The molecule has 3 amide bonds. The van der Waals surface area contributed by atoms with Crippen LogP contribution < -0.4 is 0 Å². The van der Waals surface area contributed by atoms with Gasteiger partial charge in [-0.1, -0.05) is 44.0 Å². The fourth-order valence-corrected chi connectivity index (χ4v) is 5.80. The molecule has 188 valence electrons. The molecule has 1 saturated heterocycles. The zero-order valence-corrected chi connectivity index (χ0v) is 22.7. The number of imide groups is 1. The maximum atomic E-state index is 13.6. The van der Waals surface area contributed by atoms with Gasteiger partial charge in [-0.2, -0.15) is 5.01 Å². The molecule has 4 rings (SSSR count). The summed E-state index contributed by atoms with van der Waals surface area (Å²) in [7, 11) is 0. The topological polar surface area (TPSA) is 118 Å². The zero-order valence-electron chi connectivity index (χ0n) is 19.5. The highest BCUT2D eigenvalue weighted by molar-refractivity contribution is 9.12. The number of nitro groups is 1. The molecule has 1 saturated carbocycles. The molecule has 2 aromatic carbocycles. The zero-order chi connectivity index (χ0) is 26.3. The lowest BCUT2D eigenvalue weighted by molar-refractivity contribution is -0.384. The Hall–Kier alpha value is -2.92. The number of rotatable bonds is 6. The van der Waals surface area contributed by atoms with E-state index in [1.807, 2.05) is 13.8 Å². The Morgan fingerprint density at radius 2 is 1.47 bits per heavy atom. The molecule has 1 heterocycles. The minimum atomic E-state index is -0.770. The highest BCUT2D eigenvalue weighted by atomic mass is 79.9. The second kappa shape index (κ2) is 10.2. The Kier molecular flexibility index (Phi) is 7.42. The maximum Gasteiger partial charge on any atom is 0.273 e. The van der Waals surface area contributed by atoms with Crippen LogP contribution in [0.3, 0.4) is 0 Å². The van der Waals surface area contributed by atoms with E-state index in [0.29, 0.717) is 18.4 Å². The van der Waals surface area contributed by atoms with Crippen LogP contribution in [-0.2, 0) is 9.59 Å². The van der Waals surface area contributed by atoms with Crippen LogP contribution in [0.4, 0.5) is 5.69 Å². The number of ketones is 1. The number of alkyl halides is 2. The van der Waals surface area contributed by atoms with Crippen molar-refractivity contribution in [3.63, 3.8) is 0 Å². The average Bonchev–Trinajstić information content (AvgIpc) is 3.08. The fraction of sp³-hybridized carbons (Fsp3) is 0.360. The van der Waals surface area contributed by atoms with Gasteiger partial charge >= 0.3 is 0 Å². The number of hydrogen-bond donors (Lipinski definition) is 0. The summed E-state index contributed by atoms with van der Waals surface area (Å²) in [5, 5.41) is 12.7. The predicted molar refractivity (Wildman–Crippen MR) is 138 cm³/mol. The van der Waals surface area contributed by atoms with Gasteiger partial charge in [-0.25, -0.2) is 5.01 Å². The Bertz CT molecular complexity index is 1240. The minimum Gasteiger partial charge on any atom is -0.292 e. The first-order chi connectivity index (χ1) is 17.0. The molecule has 2 fully saturated rings. The van der Waals surface area contributed by atoms with Crippen molar-refractivity contribution in [3.8, 4) is 0 Å². The van der Waals surface area contributed by atoms with Gasteiger partial charge in [-0.3, -0.25) is 29.3 Å². The van der Waals surface area contributed by atoms with Crippen molar-refractivity contribution in [1.29, 1.82) is 0 Å². The lowest BCUT2D eigenvalue weighted by Gasteiger charge is -2.30. The maximum absolute atomic E-state index is 13.6. The van der Waals surface area contributed by atoms with Crippen LogP contribution in [0.2, 0.25) is 0 Å². The summed E-state index contributed by atoms with van der Waals surface area (Å²) in [5.74, 6) is -3.50. The largest absolute Gasteiger partial charge is 0.292 e. The third-order valence-electron chi connectivity index (χ3n) is 6.81. The Morgan fingerprint density at radius 3 is 1.97 bits per heavy atom. The molecule has 9 nitrogen and oxygen atoms in total. The average molecular weight is 621 g/mol. The van der Waals surface area contributed by atoms with Gasteiger partial charge in [0.25, 0.3) is 23.4 Å². The van der Waals surface area contributed by atoms with E-state index >= 15 is 0 Å². The second-order valence-corrected chi connectivity index (χ2v) is 11.4. The number of carbonyl (C=O) groups is 4. The number of nitro benzene ring substituents is 1. The number of Topliss-reactive ketones (excluding diaryl/α,β-unsaturated/α-hetero) is 1. The molecule has 1 aliphatic carbocycles. The van der Waals surface area contributed by atoms with E-state index in [-0.39, 0.29) is 20.9 Å². The number of benzene rings is 2. The first-order valence-electron chi connectivity index (χ1n) is 11.3. The second-order valence-electron chi connectivity index (χ2n) is 9.09. The molecule has 1 aliphatic heterocycles. The number of non-ortho nitro benzene ring substituents is 1. The van der Waals surface area contributed by atoms with E-state index in [2.05, 4.69) is 31.9 Å². The van der Waals surface area contributed by atoms with Crippen molar-refractivity contribution in [2.75, 3.05) is 6.54 Å². The third-order valence-corrected chi connectivity index (χ3v) is 9.54. The SMILES string of the molecule is Cc1ccc(C(=O)CN(C(=O)c2ccc([N+](=O)[O-])cc2)N2C(=O)[C@H]3C[C@@H](Br)[C@@H](Br)C[C@H]3C2=O)cc1C. The number of nitrogens with zero attached hydrogens (tertiary/aromatic N) is 3. The van der Waals surface area contributed by atoms with Crippen LogP contribution in [-0.4, -0.2) is 54.6 Å². The van der Waals surface area contributed by atoms with Gasteiger partial charge in [-0.05, 0) is 56.0 Å². The van der Waals surface area contributed by atoms with Gasteiger partial charge < -0.3 is 0 Å². The van der Waals surface area contributed by atoms with Crippen LogP contribution in [0.5, 0.6) is 0 Å². The molecule has 0 aromatic heterocycles. The van der Waals surface area contributed by atoms with Gasteiger partial charge in [0.15, 0.2) is 5.78 Å². The number of halogens is 2. The lowest BCUT2D eigenvalue weighted by Crippen LogP contribution is -2.52. The molecule has 0 radical (unpaired) electrons. The van der Waals surface area contributed by atoms with Crippen molar-refractivity contribution >= 4 is 61.1 Å². The Labute approximate surface area is 224 Å². The smallest absolute Gasteiger partial charge is 0.273 e. The monoisotopic (exact) mass is 619 g/mol. The van der Waals surface area contributed by atoms with Crippen molar-refractivity contribution in [1.82, 2.24) is 10.0 Å². The molecule has 2 aromatic rings. The predicted octanol–water partition coefficient (Wildman–Crippen LogP) is 4.37. The summed E-state index contributed by atoms with van der Waals surface area (Å²) in [4.78, 5) is 64.0. The van der Waals surface area contributed by atoms with E-state index < -0.39 is 46.8 Å². The third kappa shape index (κ3) is 4.86. The van der Waals surface area contributed by atoms with Gasteiger partial charge in [-0.15, -0.1) is 0 Å². The molecular formula is C25H23Br2N3O6. The number of hydrogen-bond acceptors (Lipinski definition) is 6. The number of aryl methyl sites for hydroxylation is 2. The van der Waals surface area contributed by atoms with Crippen molar-refractivity contribution in [2.24, 2.45) is 11.8 Å². The number of fused-ring (bicyclic) bond motifs is 1. The van der Waals surface area contributed by atoms with E-state index in [0.717, 1.165) is 33.3 Å². The summed E-state index contributed by atoms with van der Waals surface area (Å²) in [5.41, 5.74) is 2.03. The van der Waals surface area contributed by atoms with Gasteiger partial charge in [0.2, 0.25) is 0 Å². The van der Waals surface area contributed by atoms with E-state index in [4.69, 9.17) is 0 Å². The van der Waals surface area contributed by atoms with E-state index in [1.54, 1.807) is 18.2 Å². The molecule has 0 N–H and O–H groups in total. The molecule has 4 atom stereocenters. The van der Waals surface area contributed by atoms with Crippen LogP contribution in [0.1, 0.15) is 44.7 Å². The van der Waals surface area contributed by atoms with Crippen LogP contribution in [0, 0.1) is 35.8 Å². The summed E-state index contributed by atoms with van der Waals surface area (Å²) < 4.78 is 0. The normalized spacial score (nSPS) is 23.4. The van der Waals surface area contributed by atoms with Gasteiger partial charge in [0.05, 0.1) is 16.8 Å². The first kappa shape index (κ1) is 26.2.